The van der Waals surface area contributed by atoms with Gasteiger partial charge in [0.25, 0.3) is 5.91 Å². The van der Waals surface area contributed by atoms with Crippen LogP contribution in [0, 0.1) is 11.3 Å². The van der Waals surface area contributed by atoms with Crippen molar-refractivity contribution in [2.75, 3.05) is 11.9 Å². The molecular formula is C17H12N2O. The van der Waals surface area contributed by atoms with Crippen LogP contribution in [0.4, 0.5) is 5.69 Å². The molecule has 0 N–H and O–H groups in total. The third-order valence-electron chi connectivity index (χ3n) is 3.42. The number of carbonyl (C=O) groups excluding carboxylic acids is 1. The van der Waals surface area contributed by atoms with Crippen molar-refractivity contribution in [2.24, 2.45) is 0 Å². The van der Waals surface area contributed by atoms with Crippen molar-refractivity contribution in [3.8, 4) is 6.07 Å². The van der Waals surface area contributed by atoms with Crippen LogP contribution in [0.3, 0.4) is 0 Å². The zero-order chi connectivity index (χ0) is 14.1. The molecule has 1 aliphatic rings. The molecule has 0 atom stereocenters. The Hall–Kier alpha value is -2.86. The monoisotopic (exact) mass is 260 g/mol. The third-order valence-corrected chi connectivity index (χ3v) is 3.42. The minimum Gasteiger partial charge on any atom is -0.311 e. The molecule has 1 amide bonds. The molecule has 1 aliphatic heterocycles. The number of hydrogen-bond donors (Lipinski definition) is 0. The number of fused-ring (bicyclic) bond motifs is 1. The van der Waals surface area contributed by atoms with Gasteiger partial charge in [-0.05, 0) is 29.8 Å². The van der Waals surface area contributed by atoms with Crippen LogP contribution in [0.15, 0.2) is 48.5 Å². The average Bonchev–Trinajstić information content (AvgIpc) is 2.73. The molecule has 0 saturated carbocycles. The summed E-state index contributed by atoms with van der Waals surface area (Å²) < 4.78 is 0. The number of hydrogen-bond acceptors (Lipinski definition) is 2. The van der Waals surface area contributed by atoms with Gasteiger partial charge in [-0.2, -0.15) is 5.26 Å². The fraction of sp³-hybridized carbons (Fsp3) is 0.0588. The predicted octanol–water partition coefficient (Wildman–Crippen LogP) is 3.08. The molecule has 2 aromatic carbocycles. The minimum atomic E-state index is -0.0199. The Labute approximate surface area is 117 Å². The smallest absolute Gasteiger partial charge is 0.258 e. The molecular weight excluding hydrogens is 248 g/mol. The Morgan fingerprint density at radius 2 is 1.95 bits per heavy atom. The van der Waals surface area contributed by atoms with Gasteiger partial charge in [-0.1, -0.05) is 30.3 Å². The zero-order valence-corrected chi connectivity index (χ0v) is 11.0. The van der Waals surface area contributed by atoms with Crippen molar-refractivity contribution in [1.29, 1.82) is 5.26 Å². The van der Waals surface area contributed by atoms with E-state index in [2.05, 4.69) is 6.07 Å². The highest BCUT2D eigenvalue weighted by Crippen LogP contribution is 2.36. The largest absolute Gasteiger partial charge is 0.311 e. The van der Waals surface area contributed by atoms with Gasteiger partial charge in [0, 0.05) is 18.2 Å². The second-order valence-corrected chi connectivity index (χ2v) is 4.68. The lowest BCUT2D eigenvalue weighted by molar-refractivity contribution is -0.112. The minimum absolute atomic E-state index is 0.0199. The molecule has 0 spiro atoms. The van der Waals surface area contributed by atoms with E-state index in [0.29, 0.717) is 11.1 Å². The summed E-state index contributed by atoms with van der Waals surface area (Å²) in [6.45, 7) is 0. The highest BCUT2D eigenvalue weighted by molar-refractivity contribution is 6.35. The first-order valence-corrected chi connectivity index (χ1v) is 6.30. The number of nitriles is 1. The predicted molar refractivity (Wildman–Crippen MR) is 78.9 cm³/mol. The van der Waals surface area contributed by atoms with Crippen LogP contribution in [0.25, 0.3) is 11.6 Å². The SMILES string of the molecule is CN1C(=O)C(=Cc2cccc(C#N)c2)c2ccccc21. The van der Waals surface area contributed by atoms with Crippen molar-refractivity contribution in [2.45, 2.75) is 0 Å². The third kappa shape index (κ3) is 1.88. The van der Waals surface area contributed by atoms with Crippen LogP contribution in [-0.2, 0) is 4.79 Å². The molecule has 20 heavy (non-hydrogen) atoms. The number of para-hydroxylation sites is 1. The van der Waals surface area contributed by atoms with E-state index in [1.165, 1.54) is 0 Å². The van der Waals surface area contributed by atoms with E-state index in [4.69, 9.17) is 5.26 Å². The fourth-order valence-corrected chi connectivity index (χ4v) is 2.40. The topological polar surface area (TPSA) is 44.1 Å². The Morgan fingerprint density at radius 3 is 2.75 bits per heavy atom. The number of rotatable bonds is 1. The lowest BCUT2D eigenvalue weighted by Crippen LogP contribution is -2.20. The quantitative estimate of drug-likeness (QED) is 0.739. The molecule has 1 heterocycles. The van der Waals surface area contributed by atoms with Gasteiger partial charge in [0.15, 0.2) is 0 Å². The lowest BCUT2D eigenvalue weighted by atomic mass is 10.0. The molecule has 96 valence electrons. The molecule has 3 rings (SSSR count). The van der Waals surface area contributed by atoms with Gasteiger partial charge >= 0.3 is 0 Å². The van der Waals surface area contributed by atoms with E-state index in [1.807, 2.05) is 42.5 Å². The highest BCUT2D eigenvalue weighted by Gasteiger charge is 2.28. The van der Waals surface area contributed by atoms with Crippen molar-refractivity contribution in [3.05, 3.63) is 65.2 Å². The molecule has 3 heteroatoms. The Kier molecular flexibility index (Phi) is 2.85. The summed E-state index contributed by atoms with van der Waals surface area (Å²) in [5, 5.41) is 8.93. The number of anilines is 1. The number of carbonyl (C=O) groups is 1. The van der Waals surface area contributed by atoms with Gasteiger partial charge in [0.2, 0.25) is 0 Å². The molecule has 0 aromatic heterocycles. The summed E-state index contributed by atoms with van der Waals surface area (Å²) in [5.41, 5.74) is 3.96. The van der Waals surface area contributed by atoms with Crippen LogP contribution in [-0.4, -0.2) is 13.0 Å². The van der Waals surface area contributed by atoms with Gasteiger partial charge in [-0.25, -0.2) is 0 Å². The maximum atomic E-state index is 12.3. The van der Waals surface area contributed by atoms with Gasteiger partial charge in [-0.15, -0.1) is 0 Å². The van der Waals surface area contributed by atoms with Crippen LogP contribution < -0.4 is 4.90 Å². The lowest BCUT2D eigenvalue weighted by Gasteiger charge is -2.07. The number of likely N-dealkylation sites (N-methyl/N-ethyl adjacent to an activating group) is 1. The van der Waals surface area contributed by atoms with E-state index in [-0.39, 0.29) is 5.91 Å². The second-order valence-electron chi connectivity index (χ2n) is 4.68. The van der Waals surface area contributed by atoms with E-state index >= 15 is 0 Å². The number of benzene rings is 2. The summed E-state index contributed by atoms with van der Waals surface area (Å²) in [7, 11) is 1.77. The first kappa shape index (κ1) is 12.2. The number of nitrogens with zero attached hydrogens (tertiary/aromatic N) is 2. The molecule has 0 fully saturated rings. The normalized spacial score (nSPS) is 15.3. The van der Waals surface area contributed by atoms with Crippen molar-refractivity contribution in [1.82, 2.24) is 0 Å². The zero-order valence-electron chi connectivity index (χ0n) is 11.0. The van der Waals surface area contributed by atoms with Crippen molar-refractivity contribution in [3.63, 3.8) is 0 Å². The molecule has 2 aromatic rings. The Balaban J connectivity index is 2.12. The average molecular weight is 260 g/mol. The summed E-state index contributed by atoms with van der Waals surface area (Å²) in [4.78, 5) is 14.0. The first-order chi connectivity index (χ1) is 9.70. The molecule has 0 bridgehead atoms. The van der Waals surface area contributed by atoms with E-state index in [9.17, 15) is 4.79 Å². The summed E-state index contributed by atoms with van der Waals surface area (Å²) in [5.74, 6) is -0.0199. The van der Waals surface area contributed by atoms with Crippen LogP contribution >= 0.6 is 0 Å². The van der Waals surface area contributed by atoms with Crippen LogP contribution in [0.1, 0.15) is 16.7 Å². The van der Waals surface area contributed by atoms with Crippen molar-refractivity contribution >= 4 is 23.2 Å². The molecule has 0 unspecified atom stereocenters. The number of amides is 1. The molecule has 0 saturated heterocycles. The van der Waals surface area contributed by atoms with E-state index in [0.717, 1.165) is 16.8 Å². The summed E-state index contributed by atoms with van der Waals surface area (Å²) >= 11 is 0. The Bertz CT molecular complexity index is 769. The maximum absolute atomic E-state index is 12.3. The first-order valence-electron chi connectivity index (χ1n) is 6.30. The van der Waals surface area contributed by atoms with Gasteiger partial charge < -0.3 is 4.90 Å². The summed E-state index contributed by atoms with van der Waals surface area (Å²) in [6.07, 6.45) is 1.84. The van der Waals surface area contributed by atoms with Crippen molar-refractivity contribution < 1.29 is 4.79 Å². The Morgan fingerprint density at radius 1 is 1.15 bits per heavy atom. The second kappa shape index (κ2) is 4.67. The fourth-order valence-electron chi connectivity index (χ4n) is 2.40. The van der Waals surface area contributed by atoms with Gasteiger partial charge in [0.1, 0.15) is 0 Å². The molecule has 0 aliphatic carbocycles. The standard InChI is InChI=1S/C17H12N2O/c1-19-16-8-3-2-7-14(16)15(17(19)20)10-12-5-4-6-13(9-12)11-18/h2-10H,1H3. The van der Waals surface area contributed by atoms with Crippen LogP contribution in [0.2, 0.25) is 0 Å². The highest BCUT2D eigenvalue weighted by atomic mass is 16.2. The van der Waals surface area contributed by atoms with E-state index < -0.39 is 0 Å². The maximum Gasteiger partial charge on any atom is 0.258 e. The molecule has 3 nitrogen and oxygen atoms in total. The van der Waals surface area contributed by atoms with Crippen LogP contribution in [0.5, 0.6) is 0 Å². The van der Waals surface area contributed by atoms with Gasteiger partial charge in [-0.3, -0.25) is 4.79 Å². The van der Waals surface area contributed by atoms with Gasteiger partial charge in [0.05, 0.1) is 17.3 Å². The summed E-state index contributed by atoms with van der Waals surface area (Å²) in [6, 6.07) is 17.1. The van der Waals surface area contributed by atoms with E-state index in [1.54, 1.807) is 24.1 Å². The molecule has 0 radical (unpaired) electrons.